The zero-order chi connectivity index (χ0) is 18.5. The van der Waals surface area contributed by atoms with Gasteiger partial charge in [-0.25, -0.2) is 9.97 Å². The van der Waals surface area contributed by atoms with E-state index < -0.39 is 0 Å². The maximum absolute atomic E-state index is 12.6. The molecular weight excluding hydrogens is 330 g/mol. The zero-order valence-corrected chi connectivity index (χ0v) is 15.2. The Morgan fingerprint density at radius 1 is 1.23 bits per heavy atom. The van der Waals surface area contributed by atoms with Gasteiger partial charge in [-0.15, -0.1) is 0 Å². The first-order chi connectivity index (χ1) is 12.5. The number of carbonyl (C=O) groups is 1. The standard InChI is InChI=1S/C19H23N5O2/c1-13-6-4-7-16(21-13)22-19(25)14-12-20-15-8-9-17(23-18(14)15)26-11-5-10-24(2)3/h4,6-9,12,20H,5,10-11H2,1-3H3,(H,21,22,25). The van der Waals surface area contributed by atoms with Crippen molar-refractivity contribution in [1.29, 1.82) is 0 Å². The van der Waals surface area contributed by atoms with Crippen LogP contribution in [0.2, 0.25) is 0 Å². The molecule has 7 heteroatoms. The molecule has 0 fully saturated rings. The van der Waals surface area contributed by atoms with Gasteiger partial charge in [0.15, 0.2) is 0 Å². The summed E-state index contributed by atoms with van der Waals surface area (Å²) >= 11 is 0. The predicted octanol–water partition coefficient (Wildman–Crippen LogP) is 2.85. The molecule has 136 valence electrons. The lowest BCUT2D eigenvalue weighted by molar-refractivity contribution is 0.102. The van der Waals surface area contributed by atoms with E-state index in [-0.39, 0.29) is 5.91 Å². The van der Waals surface area contributed by atoms with E-state index in [1.54, 1.807) is 18.3 Å². The highest BCUT2D eigenvalue weighted by atomic mass is 16.5. The normalized spacial score (nSPS) is 11.1. The van der Waals surface area contributed by atoms with Gasteiger partial charge in [0.1, 0.15) is 11.3 Å². The molecule has 1 amide bonds. The lowest BCUT2D eigenvalue weighted by Crippen LogP contribution is -2.15. The van der Waals surface area contributed by atoms with Gasteiger partial charge in [-0.05, 0) is 45.6 Å². The molecule has 3 aromatic heterocycles. The molecule has 0 aliphatic heterocycles. The maximum Gasteiger partial charge on any atom is 0.260 e. The average Bonchev–Trinajstić information content (AvgIpc) is 3.02. The van der Waals surface area contributed by atoms with E-state index in [4.69, 9.17) is 4.74 Å². The fourth-order valence-corrected chi connectivity index (χ4v) is 2.59. The summed E-state index contributed by atoms with van der Waals surface area (Å²) in [5.74, 6) is 0.769. The van der Waals surface area contributed by atoms with Gasteiger partial charge in [-0.2, -0.15) is 0 Å². The molecule has 0 unspecified atom stereocenters. The number of ether oxygens (including phenoxy) is 1. The van der Waals surface area contributed by atoms with Crippen molar-refractivity contribution in [2.75, 3.05) is 32.6 Å². The molecule has 3 aromatic rings. The first-order valence-corrected chi connectivity index (χ1v) is 8.53. The summed E-state index contributed by atoms with van der Waals surface area (Å²) in [5.41, 5.74) is 2.67. The molecule has 3 rings (SSSR count). The zero-order valence-electron chi connectivity index (χ0n) is 15.2. The Morgan fingerprint density at radius 2 is 2.08 bits per heavy atom. The van der Waals surface area contributed by atoms with Crippen molar-refractivity contribution in [2.45, 2.75) is 13.3 Å². The highest BCUT2D eigenvalue weighted by Crippen LogP contribution is 2.21. The number of H-pyrrole nitrogens is 1. The lowest BCUT2D eigenvalue weighted by Gasteiger charge is -2.10. The van der Waals surface area contributed by atoms with Crippen LogP contribution in [0.5, 0.6) is 5.88 Å². The van der Waals surface area contributed by atoms with E-state index in [9.17, 15) is 4.79 Å². The van der Waals surface area contributed by atoms with Crippen LogP contribution in [0.4, 0.5) is 5.82 Å². The molecule has 0 aliphatic carbocycles. The van der Waals surface area contributed by atoms with Gasteiger partial charge in [0.25, 0.3) is 5.91 Å². The molecule has 0 radical (unpaired) electrons. The third-order valence-corrected chi connectivity index (χ3v) is 3.87. The minimum Gasteiger partial charge on any atom is -0.478 e. The third kappa shape index (κ3) is 4.37. The number of carbonyl (C=O) groups excluding carboxylic acids is 1. The van der Waals surface area contributed by atoms with E-state index in [0.717, 1.165) is 24.2 Å². The minimum atomic E-state index is -0.258. The number of fused-ring (bicyclic) bond motifs is 1. The predicted molar refractivity (Wildman–Crippen MR) is 102 cm³/mol. The Morgan fingerprint density at radius 3 is 2.85 bits per heavy atom. The number of hydrogen-bond donors (Lipinski definition) is 2. The Kier molecular flexibility index (Phi) is 5.48. The van der Waals surface area contributed by atoms with E-state index in [1.165, 1.54) is 0 Å². The highest BCUT2D eigenvalue weighted by molar-refractivity contribution is 6.11. The van der Waals surface area contributed by atoms with E-state index >= 15 is 0 Å². The lowest BCUT2D eigenvalue weighted by atomic mass is 10.2. The minimum absolute atomic E-state index is 0.258. The molecule has 2 N–H and O–H groups in total. The van der Waals surface area contributed by atoms with Gasteiger partial charge in [-0.3, -0.25) is 4.79 Å². The van der Waals surface area contributed by atoms with Gasteiger partial charge in [-0.1, -0.05) is 6.07 Å². The first-order valence-electron chi connectivity index (χ1n) is 8.53. The molecule has 3 heterocycles. The molecule has 0 saturated heterocycles. The van der Waals surface area contributed by atoms with Crippen LogP contribution >= 0.6 is 0 Å². The van der Waals surface area contributed by atoms with Crippen LogP contribution in [-0.2, 0) is 0 Å². The van der Waals surface area contributed by atoms with E-state index in [1.807, 2.05) is 39.2 Å². The number of nitrogens with one attached hydrogen (secondary N) is 2. The Bertz CT molecular complexity index is 904. The van der Waals surface area contributed by atoms with E-state index in [0.29, 0.717) is 29.4 Å². The quantitative estimate of drug-likeness (QED) is 0.638. The second-order valence-corrected chi connectivity index (χ2v) is 6.37. The summed E-state index contributed by atoms with van der Waals surface area (Å²) in [6, 6.07) is 9.16. The van der Waals surface area contributed by atoms with Crippen LogP contribution < -0.4 is 10.1 Å². The maximum atomic E-state index is 12.6. The summed E-state index contributed by atoms with van der Waals surface area (Å²) in [4.78, 5) is 26.5. The number of hydrogen-bond acceptors (Lipinski definition) is 5. The summed E-state index contributed by atoms with van der Waals surface area (Å²) in [5, 5.41) is 2.81. The number of aryl methyl sites for hydroxylation is 1. The van der Waals surface area contributed by atoms with Gasteiger partial charge in [0, 0.05) is 24.5 Å². The SMILES string of the molecule is Cc1cccc(NC(=O)c2c[nH]c3ccc(OCCCN(C)C)nc23)n1. The third-order valence-electron chi connectivity index (χ3n) is 3.87. The van der Waals surface area contributed by atoms with Crippen molar-refractivity contribution in [2.24, 2.45) is 0 Å². The molecule has 0 aromatic carbocycles. The van der Waals surface area contributed by atoms with Crippen LogP contribution in [0.3, 0.4) is 0 Å². The molecule has 0 aliphatic rings. The number of amides is 1. The van der Waals surface area contributed by atoms with E-state index in [2.05, 4.69) is 25.2 Å². The van der Waals surface area contributed by atoms with Crippen molar-refractivity contribution >= 4 is 22.8 Å². The summed E-state index contributed by atoms with van der Waals surface area (Å²) in [6.07, 6.45) is 2.56. The van der Waals surface area contributed by atoms with Crippen molar-refractivity contribution in [3.63, 3.8) is 0 Å². The molecule has 0 bridgehead atoms. The van der Waals surface area contributed by atoms with Crippen LogP contribution in [0.1, 0.15) is 22.5 Å². The molecule has 0 atom stereocenters. The van der Waals surface area contributed by atoms with Crippen molar-refractivity contribution in [1.82, 2.24) is 19.9 Å². The smallest absolute Gasteiger partial charge is 0.260 e. The van der Waals surface area contributed by atoms with Crippen molar-refractivity contribution < 1.29 is 9.53 Å². The van der Waals surface area contributed by atoms with Gasteiger partial charge in [0.05, 0.1) is 17.7 Å². The van der Waals surface area contributed by atoms with Crippen LogP contribution in [-0.4, -0.2) is 53.0 Å². The number of pyridine rings is 2. The van der Waals surface area contributed by atoms with Crippen LogP contribution in [0, 0.1) is 6.92 Å². The van der Waals surface area contributed by atoms with Crippen molar-refractivity contribution in [3.8, 4) is 5.88 Å². The Balaban J connectivity index is 1.74. The fraction of sp³-hybridized carbons (Fsp3) is 0.316. The summed E-state index contributed by atoms with van der Waals surface area (Å²) in [7, 11) is 4.05. The highest BCUT2D eigenvalue weighted by Gasteiger charge is 2.15. The molecular formula is C19H23N5O2. The second kappa shape index (κ2) is 7.97. The Hall–Kier alpha value is -2.93. The number of aromatic amines is 1. The second-order valence-electron chi connectivity index (χ2n) is 6.37. The van der Waals surface area contributed by atoms with Crippen LogP contribution in [0.15, 0.2) is 36.5 Å². The average molecular weight is 353 g/mol. The molecule has 0 spiro atoms. The molecule has 7 nitrogen and oxygen atoms in total. The molecule has 26 heavy (non-hydrogen) atoms. The molecule has 0 saturated carbocycles. The first kappa shape index (κ1) is 17.9. The van der Waals surface area contributed by atoms with Gasteiger partial charge >= 0.3 is 0 Å². The van der Waals surface area contributed by atoms with Crippen molar-refractivity contribution in [3.05, 3.63) is 47.8 Å². The summed E-state index contributed by atoms with van der Waals surface area (Å²) < 4.78 is 5.71. The van der Waals surface area contributed by atoms with Gasteiger partial charge in [0.2, 0.25) is 5.88 Å². The monoisotopic (exact) mass is 353 g/mol. The fourth-order valence-electron chi connectivity index (χ4n) is 2.59. The Labute approximate surface area is 152 Å². The number of aromatic nitrogens is 3. The number of rotatable bonds is 7. The summed E-state index contributed by atoms with van der Waals surface area (Å²) in [6.45, 7) is 3.40. The number of nitrogens with zero attached hydrogens (tertiary/aromatic N) is 3. The topological polar surface area (TPSA) is 83.1 Å². The largest absolute Gasteiger partial charge is 0.478 e. The van der Waals surface area contributed by atoms with Gasteiger partial charge < -0.3 is 19.9 Å². The number of anilines is 1. The van der Waals surface area contributed by atoms with Crippen LogP contribution in [0.25, 0.3) is 11.0 Å².